The second kappa shape index (κ2) is 5.45. The third-order valence-corrected chi connectivity index (χ3v) is 3.50. The normalized spacial score (nSPS) is 12.8. The summed E-state index contributed by atoms with van der Waals surface area (Å²) in [6, 6.07) is 14.5. The number of rotatable bonds is 4. The highest BCUT2D eigenvalue weighted by Crippen LogP contribution is 2.33. The Kier molecular flexibility index (Phi) is 3.50. The molecule has 0 bridgehead atoms. The topological polar surface area (TPSA) is 30.5 Å². The van der Waals surface area contributed by atoms with E-state index in [1.165, 1.54) is 16.8 Å². The van der Waals surface area contributed by atoms with Crippen molar-refractivity contribution < 1.29 is 9.47 Å². The van der Waals surface area contributed by atoms with Gasteiger partial charge in [0, 0.05) is 12.2 Å². The minimum absolute atomic E-state index is 0.322. The van der Waals surface area contributed by atoms with Crippen LogP contribution in [0.25, 0.3) is 0 Å². The summed E-state index contributed by atoms with van der Waals surface area (Å²) < 4.78 is 10.7. The fourth-order valence-electron chi connectivity index (χ4n) is 2.41. The van der Waals surface area contributed by atoms with Crippen LogP contribution in [-0.2, 0) is 6.54 Å². The predicted molar refractivity (Wildman–Crippen MR) is 80.4 cm³/mol. The Labute approximate surface area is 119 Å². The average Bonchev–Trinajstić information content (AvgIpc) is 2.92. The molecule has 0 aliphatic carbocycles. The quantitative estimate of drug-likeness (QED) is 0.904. The molecule has 0 saturated carbocycles. The molecule has 1 aliphatic heterocycles. The molecular formula is C17H19NO2. The van der Waals surface area contributed by atoms with Crippen LogP contribution >= 0.6 is 0 Å². The summed E-state index contributed by atoms with van der Waals surface area (Å²) in [5.41, 5.74) is 3.72. The van der Waals surface area contributed by atoms with Gasteiger partial charge in [-0.2, -0.15) is 0 Å². The lowest BCUT2D eigenvalue weighted by Gasteiger charge is -2.14. The van der Waals surface area contributed by atoms with E-state index in [4.69, 9.17) is 9.47 Å². The first-order valence-corrected chi connectivity index (χ1v) is 6.95. The van der Waals surface area contributed by atoms with Crippen LogP contribution in [-0.4, -0.2) is 6.79 Å². The molecule has 104 valence electrons. The van der Waals surface area contributed by atoms with Crippen molar-refractivity contribution in [2.45, 2.75) is 26.3 Å². The molecule has 0 atom stereocenters. The van der Waals surface area contributed by atoms with Gasteiger partial charge in [0.2, 0.25) is 6.79 Å². The SMILES string of the molecule is CC(C)c1ccccc1NCc1ccc2c(c1)OCO2. The maximum atomic E-state index is 5.40. The van der Waals surface area contributed by atoms with E-state index in [1.54, 1.807) is 0 Å². The van der Waals surface area contributed by atoms with Crippen LogP contribution in [0.1, 0.15) is 30.9 Å². The van der Waals surface area contributed by atoms with E-state index in [2.05, 4.69) is 49.5 Å². The number of nitrogens with one attached hydrogen (secondary N) is 1. The summed E-state index contributed by atoms with van der Waals surface area (Å²) in [5, 5.41) is 3.51. The minimum atomic E-state index is 0.322. The summed E-state index contributed by atoms with van der Waals surface area (Å²) in [4.78, 5) is 0. The van der Waals surface area contributed by atoms with E-state index < -0.39 is 0 Å². The van der Waals surface area contributed by atoms with Crippen molar-refractivity contribution >= 4 is 5.69 Å². The van der Waals surface area contributed by atoms with Crippen molar-refractivity contribution in [2.24, 2.45) is 0 Å². The maximum Gasteiger partial charge on any atom is 0.231 e. The molecule has 0 saturated heterocycles. The Morgan fingerprint density at radius 1 is 1.05 bits per heavy atom. The maximum absolute atomic E-state index is 5.40. The van der Waals surface area contributed by atoms with Crippen LogP contribution in [0.4, 0.5) is 5.69 Å². The van der Waals surface area contributed by atoms with Crippen molar-refractivity contribution in [2.75, 3.05) is 12.1 Å². The van der Waals surface area contributed by atoms with Crippen LogP contribution in [0.3, 0.4) is 0 Å². The highest BCUT2D eigenvalue weighted by atomic mass is 16.7. The third-order valence-electron chi connectivity index (χ3n) is 3.50. The molecule has 1 N–H and O–H groups in total. The first kappa shape index (κ1) is 12.9. The van der Waals surface area contributed by atoms with Gasteiger partial charge in [-0.05, 0) is 35.2 Å². The second-order valence-electron chi connectivity index (χ2n) is 5.28. The molecule has 20 heavy (non-hydrogen) atoms. The van der Waals surface area contributed by atoms with Gasteiger partial charge in [0.05, 0.1) is 0 Å². The number of para-hydroxylation sites is 1. The first-order chi connectivity index (χ1) is 9.74. The number of anilines is 1. The van der Waals surface area contributed by atoms with Crippen LogP contribution in [0.15, 0.2) is 42.5 Å². The van der Waals surface area contributed by atoms with E-state index >= 15 is 0 Å². The zero-order valence-electron chi connectivity index (χ0n) is 11.8. The van der Waals surface area contributed by atoms with Crippen LogP contribution in [0, 0.1) is 0 Å². The van der Waals surface area contributed by atoms with Crippen LogP contribution in [0.2, 0.25) is 0 Å². The molecule has 0 fully saturated rings. The van der Waals surface area contributed by atoms with Gasteiger partial charge in [0.25, 0.3) is 0 Å². The minimum Gasteiger partial charge on any atom is -0.454 e. The fraction of sp³-hybridized carbons (Fsp3) is 0.294. The van der Waals surface area contributed by atoms with E-state index in [0.717, 1.165) is 18.0 Å². The van der Waals surface area contributed by atoms with Gasteiger partial charge in [-0.3, -0.25) is 0 Å². The van der Waals surface area contributed by atoms with Crippen molar-refractivity contribution in [3.8, 4) is 11.5 Å². The van der Waals surface area contributed by atoms with E-state index in [1.807, 2.05) is 12.1 Å². The zero-order chi connectivity index (χ0) is 13.9. The van der Waals surface area contributed by atoms with E-state index in [0.29, 0.717) is 12.7 Å². The van der Waals surface area contributed by atoms with Crippen LogP contribution < -0.4 is 14.8 Å². The number of fused-ring (bicyclic) bond motifs is 1. The smallest absolute Gasteiger partial charge is 0.231 e. The lowest BCUT2D eigenvalue weighted by atomic mass is 10.0. The average molecular weight is 269 g/mol. The van der Waals surface area contributed by atoms with Gasteiger partial charge >= 0.3 is 0 Å². The van der Waals surface area contributed by atoms with Gasteiger partial charge in [-0.15, -0.1) is 0 Å². The monoisotopic (exact) mass is 269 g/mol. The van der Waals surface area contributed by atoms with Crippen molar-refractivity contribution in [3.05, 3.63) is 53.6 Å². The zero-order valence-corrected chi connectivity index (χ0v) is 11.8. The standard InChI is InChI=1S/C17H19NO2/c1-12(2)14-5-3-4-6-15(14)18-10-13-7-8-16-17(9-13)20-11-19-16/h3-9,12,18H,10-11H2,1-2H3. The molecule has 1 aliphatic rings. The molecule has 3 nitrogen and oxygen atoms in total. The molecule has 3 rings (SSSR count). The van der Waals surface area contributed by atoms with Crippen molar-refractivity contribution in [3.63, 3.8) is 0 Å². The van der Waals surface area contributed by atoms with Gasteiger partial charge in [0.15, 0.2) is 11.5 Å². The lowest BCUT2D eigenvalue weighted by molar-refractivity contribution is 0.174. The number of hydrogen-bond donors (Lipinski definition) is 1. The van der Waals surface area contributed by atoms with Crippen molar-refractivity contribution in [1.82, 2.24) is 0 Å². The third kappa shape index (κ3) is 2.57. The Balaban J connectivity index is 1.74. The number of benzene rings is 2. The molecule has 0 radical (unpaired) electrons. The molecule has 0 unspecified atom stereocenters. The molecule has 1 heterocycles. The summed E-state index contributed by atoms with van der Waals surface area (Å²) >= 11 is 0. The Hall–Kier alpha value is -2.16. The summed E-state index contributed by atoms with van der Waals surface area (Å²) in [6.07, 6.45) is 0. The Morgan fingerprint density at radius 3 is 2.70 bits per heavy atom. The molecular weight excluding hydrogens is 250 g/mol. The summed E-state index contributed by atoms with van der Waals surface area (Å²) in [5.74, 6) is 2.17. The summed E-state index contributed by atoms with van der Waals surface area (Å²) in [7, 11) is 0. The summed E-state index contributed by atoms with van der Waals surface area (Å²) in [6.45, 7) is 5.52. The Bertz CT molecular complexity index is 608. The van der Waals surface area contributed by atoms with E-state index in [9.17, 15) is 0 Å². The highest BCUT2D eigenvalue weighted by Gasteiger charge is 2.13. The molecule has 0 amide bonds. The van der Waals surface area contributed by atoms with Gasteiger partial charge in [0.1, 0.15) is 0 Å². The first-order valence-electron chi connectivity index (χ1n) is 6.95. The fourth-order valence-corrected chi connectivity index (χ4v) is 2.41. The predicted octanol–water partition coefficient (Wildman–Crippen LogP) is 4.15. The van der Waals surface area contributed by atoms with E-state index in [-0.39, 0.29) is 0 Å². The van der Waals surface area contributed by atoms with Gasteiger partial charge in [-0.25, -0.2) is 0 Å². The molecule has 3 heteroatoms. The molecule has 0 spiro atoms. The largest absolute Gasteiger partial charge is 0.454 e. The van der Waals surface area contributed by atoms with Crippen LogP contribution in [0.5, 0.6) is 11.5 Å². The van der Waals surface area contributed by atoms with Gasteiger partial charge < -0.3 is 14.8 Å². The number of ether oxygens (including phenoxy) is 2. The Morgan fingerprint density at radius 2 is 1.85 bits per heavy atom. The lowest BCUT2D eigenvalue weighted by Crippen LogP contribution is -2.03. The van der Waals surface area contributed by atoms with Crippen molar-refractivity contribution in [1.29, 1.82) is 0 Å². The number of hydrogen-bond acceptors (Lipinski definition) is 3. The highest BCUT2D eigenvalue weighted by molar-refractivity contribution is 5.53. The second-order valence-corrected chi connectivity index (χ2v) is 5.28. The molecule has 0 aromatic heterocycles. The van der Waals surface area contributed by atoms with Gasteiger partial charge in [-0.1, -0.05) is 38.1 Å². The molecule has 2 aromatic carbocycles. The molecule has 2 aromatic rings.